The summed E-state index contributed by atoms with van der Waals surface area (Å²) in [5, 5.41) is 12.2. The van der Waals surface area contributed by atoms with Gasteiger partial charge in [0.25, 0.3) is 0 Å². The van der Waals surface area contributed by atoms with Gasteiger partial charge >= 0.3 is 5.97 Å². The Hall–Kier alpha value is -0.570. The van der Waals surface area contributed by atoms with Crippen molar-refractivity contribution in [3.05, 3.63) is 0 Å². The van der Waals surface area contributed by atoms with Gasteiger partial charge in [-0.3, -0.25) is 4.79 Å². The van der Waals surface area contributed by atoms with Gasteiger partial charge in [-0.25, -0.2) is 0 Å². The van der Waals surface area contributed by atoms with Crippen LogP contribution in [-0.4, -0.2) is 23.7 Å². The van der Waals surface area contributed by atoms with E-state index < -0.39 is 5.97 Å². The van der Waals surface area contributed by atoms with Crippen molar-refractivity contribution in [3.8, 4) is 0 Å². The van der Waals surface area contributed by atoms with Crippen LogP contribution in [0.5, 0.6) is 0 Å². The van der Waals surface area contributed by atoms with Gasteiger partial charge in [-0.2, -0.15) is 0 Å². The first-order valence-electron chi connectivity index (χ1n) is 5.53. The minimum atomic E-state index is -0.657. The fraction of sp³-hybridized carbons (Fsp3) is 0.909. The van der Waals surface area contributed by atoms with Gasteiger partial charge in [-0.05, 0) is 31.6 Å². The third kappa shape index (κ3) is 2.98. The maximum Gasteiger partial charge on any atom is 0.303 e. The van der Waals surface area contributed by atoms with Crippen molar-refractivity contribution < 1.29 is 9.90 Å². The van der Waals surface area contributed by atoms with Crippen LogP contribution in [0.4, 0.5) is 0 Å². The third-order valence-electron chi connectivity index (χ3n) is 3.38. The molecule has 1 atom stereocenters. The van der Waals surface area contributed by atoms with E-state index in [1.54, 1.807) is 0 Å². The second-order valence-corrected chi connectivity index (χ2v) is 4.61. The van der Waals surface area contributed by atoms with E-state index in [1.165, 1.54) is 6.42 Å². The lowest BCUT2D eigenvalue weighted by atomic mass is 9.66. The van der Waals surface area contributed by atoms with Crippen molar-refractivity contribution in [1.82, 2.24) is 5.32 Å². The van der Waals surface area contributed by atoms with Gasteiger partial charge in [0.05, 0.1) is 6.42 Å². The first kappa shape index (κ1) is 11.5. The Labute approximate surface area is 85.9 Å². The molecule has 0 radical (unpaired) electrons. The standard InChI is InChI=1S/C11H21NO2/c1-3-9(2)12-8-11(5-4-6-11)7-10(13)14/h9,12H,3-8H2,1-2H3,(H,13,14). The molecule has 1 unspecified atom stereocenters. The quantitative estimate of drug-likeness (QED) is 0.688. The molecule has 14 heavy (non-hydrogen) atoms. The van der Waals surface area contributed by atoms with Gasteiger partial charge in [0.15, 0.2) is 0 Å². The van der Waals surface area contributed by atoms with E-state index in [0.717, 1.165) is 25.8 Å². The molecule has 1 aliphatic carbocycles. The van der Waals surface area contributed by atoms with E-state index in [9.17, 15) is 4.79 Å². The van der Waals surface area contributed by atoms with E-state index in [-0.39, 0.29) is 5.41 Å². The maximum atomic E-state index is 10.7. The van der Waals surface area contributed by atoms with Crippen molar-refractivity contribution in [3.63, 3.8) is 0 Å². The summed E-state index contributed by atoms with van der Waals surface area (Å²) in [6.45, 7) is 5.16. The van der Waals surface area contributed by atoms with Crippen LogP contribution in [0.15, 0.2) is 0 Å². The van der Waals surface area contributed by atoms with Crippen molar-refractivity contribution >= 4 is 5.97 Å². The molecule has 1 rings (SSSR count). The summed E-state index contributed by atoms with van der Waals surface area (Å²) in [5.41, 5.74) is 0.0647. The monoisotopic (exact) mass is 199 g/mol. The van der Waals surface area contributed by atoms with Crippen LogP contribution in [-0.2, 0) is 4.79 Å². The minimum Gasteiger partial charge on any atom is -0.481 e. The molecule has 0 aliphatic heterocycles. The molecule has 82 valence electrons. The zero-order valence-electron chi connectivity index (χ0n) is 9.18. The SMILES string of the molecule is CCC(C)NCC1(CC(=O)O)CCC1. The Kier molecular flexibility index (Phi) is 3.93. The Morgan fingerprint density at radius 1 is 1.57 bits per heavy atom. The van der Waals surface area contributed by atoms with Gasteiger partial charge in [0, 0.05) is 12.6 Å². The van der Waals surface area contributed by atoms with E-state index in [0.29, 0.717) is 12.5 Å². The Balaban J connectivity index is 2.34. The molecule has 3 nitrogen and oxygen atoms in total. The normalized spacial score (nSPS) is 21.3. The Bertz CT molecular complexity index is 199. The molecule has 0 aromatic rings. The molecule has 0 aromatic carbocycles. The van der Waals surface area contributed by atoms with Crippen molar-refractivity contribution in [2.24, 2.45) is 5.41 Å². The predicted molar refractivity (Wildman–Crippen MR) is 56.3 cm³/mol. The van der Waals surface area contributed by atoms with Crippen LogP contribution in [0.25, 0.3) is 0 Å². The number of hydrogen-bond acceptors (Lipinski definition) is 2. The fourth-order valence-electron chi connectivity index (χ4n) is 1.95. The maximum absolute atomic E-state index is 10.7. The van der Waals surface area contributed by atoms with E-state index in [4.69, 9.17) is 5.11 Å². The number of carbonyl (C=O) groups is 1. The molecule has 0 saturated heterocycles. The van der Waals surface area contributed by atoms with E-state index in [2.05, 4.69) is 19.2 Å². The Morgan fingerprint density at radius 2 is 2.21 bits per heavy atom. The van der Waals surface area contributed by atoms with E-state index >= 15 is 0 Å². The fourth-order valence-corrected chi connectivity index (χ4v) is 1.95. The largest absolute Gasteiger partial charge is 0.481 e. The second kappa shape index (κ2) is 4.78. The second-order valence-electron chi connectivity index (χ2n) is 4.61. The number of hydrogen-bond donors (Lipinski definition) is 2. The molecule has 0 aromatic heterocycles. The van der Waals surface area contributed by atoms with Crippen LogP contribution in [0.1, 0.15) is 46.0 Å². The molecule has 1 saturated carbocycles. The summed E-state index contributed by atoms with van der Waals surface area (Å²) in [6.07, 6.45) is 4.76. The number of carboxylic acid groups (broad SMARTS) is 1. The molecule has 2 N–H and O–H groups in total. The summed E-state index contributed by atoms with van der Waals surface area (Å²) >= 11 is 0. The van der Waals surface area contributed by atoms with Crippen molar-refractivity contribution in [2.75, 3.05) is 6.54 Å². The number of carboxylic acids is 1. The first-order chi connectivity index (χ1) is 6.58. The first-order valence-corrected chi connectivity index (χ1v) is 5.53. The Morgan fingerprint density at radius 3 is 2.57 bits per heavy atom. The summed E-state index contributed by atoms with van der Waals surface area (Å²) in [7, 11) is 0. The summed E-state index contributed by atoms with van der Waals surface area (Å²) < 4.78 is 0. The molecule has 1 fully saturated rings. The average molecular weight is 199 g/mol. The lowest BCUT2D eigenvalue weighted by molar-refractivity contribution is -0.141. The molecule has 3 heteroatoms. The highest BCUT2D eigenvalue weighted by atomic mass is 16.4. The van der Waals surface area contributed by atoms with Gasteiger partial charge in [0.1, 0.15) is 0 Å². The topological polar surface area (TPSA) is 49.3 Å². The molecule has 1 aliphatic rings. The van der Waals surface area contributed by atoms with Crippen LogP contribution in [0.3, 0.4) is 0 Å². The molecule has 0 spiro atoms. The summed E-state index contributed by atoms with van der Waals surface area (Å²) in [5.74, 6) is -0.657. The highest BCUT2D eigenvalue weighted by Gasteiger charge is 2.38. The highest BCUT2D eigenvalue weighted by Crippen LogP contribution is 2.43. The van der Waals surface area contributed by atoms with Crippen molar-refractivity contribution in [1.29, 1.82) is 0 Å². The van der Waals surface area contributed by atoms with Gasteiger partial charge in [-0.1, -0.05) is 13.3 Å². The minimum absolute atomic E-state index is 0.0647. The van der Waals surface area contributed by atoms with Crippen LogP contribution in [0, 0.1) is 5.41 Å². The molecular formula is C11H21NO2. The number of rotatable bonds is 6. The van der Waals surface area contributed by atoms with Crippen molar-refractivity contribution in [2.45, 2.75) is 52.0 Å². The van der Waals surface area contributed by atoms with Gasteiger partial charge < -0.3 is 10.4 Å². The van der Waals surface area contributed by atoms with E-state index in [1.807, 2.05) is 0 Å². The number of nitrogens with one attached hydrogen (secondary N) is 1. The van der Waals surface area contributed by atoms with Crippen LogP contribution >= 0.6 is 0 Å². The number of aliphatic carboxylic acids is 1. The smallest absolute Gasteiger partial charge is 0.303 e. The van der Waals surface area contributed by atoms with Gasteiger partial charge in [-0.15, -0.1) is 0 Å². The lowest BCUT2D eigenvalue weighted by Gasteiger charge is -2.41. The zero-order valence-corrected chi connectivity index (χ0v) is 9.18. The zero-order chi connectivity index (χ0) is 10.6. The molecule has 0 amide bonds. The van der Waals surface area contributed by atoms with Crippen LogP contribution < -0.4 is 5.32 Å². The predicted octanol–water partition coefficient (Wildman–Crippen LogP) is 2.02. The highest BCUT2D eigenvalue weighted by molar-refractivity contribution is 5.68. The molecular weight excluding hydrogens is 178 g/mol. The summed E-state index contributed by atoms with van der Waals surface area (Å²) in [6, 6.07) is 0.501. The molecule has 0 heterocycles. The average Bonchev–Trinajstić information content (AvgIpc) is 2.08. The lowest BCUT2D eigenvalue weighted by Crippen LogP contribution is -2.44. The van der Waals surface area contributed by atoms with Crippen LogP contribution in [0.2, 0.25) is 0 Å². The third-order valence-corrected chi connectivity index (χ3v) is 3.38. The summed E-state index contributed by atoms with van der Waals surface area (Å²) in [4.78, 5) is 10.7. The van der Waals surface area contributed by atoms with Gasteiger partial charge in [0.2, 0.25) is 0 Å². The molecule has 0 bridgehead atoms.